The van der Waals surface area contributed by atoms with Gasteiger partial charge in [-0.05, 0) is 42.8 Å². The van der Waals surface area contributed by atoms with Gasteiger partial charge in [-0.1, -0.05) is 11.6 Å². The van der Waals surface area contributed by atoms with Gasteiger partial charge in [0.05, 0.1) is 19.9 Å². The molecule has 0 aliphatic heterocycles. The van der Waals surface area contributed by atoms with Gasteiger partial charge in [-0.25, -0.2) is 0 Å². The molecule has 0 unspecified atom stereocenters. The van der Waals surface area contributed by atoms with Gasteiger partial charge in [-0.3, -0.25) is 14.4 Å². The normalized spacial score (nSPS) is 10.1. The first-order chi connectivity index (χ1) is 14.4. The lowest BCUT2D eigenvalue weighted by atomic mass is 10.2. The van der Waals surface area contributed by atoms with Crippen LogP contribution in [0.1, 0.15) is 19.3 Å². The lowest BCUT2D eigenvalue weighted by Crippen LogP contribution is -2.21. The van der Waals surface area contributed by atoms with Gasteiger partial charge in [0.25, 0.3) is 5.91 Å². The maximum atomic E-state index is 12.0. The zero-order chi connectivity index (χ0) is 21.9. The van der Waals surface area contributed by atoms with Crippen LogP contribution in [0.4, 0.5) is 11.4 Å². The fourth-order valence-electron chi connectivity index (χ4n) is 2.47. The van der Waals surface area contributed by atoms with Gasteiger partial charge in [-0.15, -0.1) is 0 Å². The molecule has 2 rings (SSSR count). The average Bonchev–Trinajstić information content (AvgIpc) is 2.74. The van der Waals surface area contributed by atoms with E-state index in [1.54, 1.807) is 42.5 Å². The highest BCUT2D eigenvalue weighted by molar-refractivity contribution is 6.30. The molecule has 160 valence electrons. The van der Waals surface area contributed by atoms with Crippen molar-refractivity contribution in [2.45, 2.75) is 19.3 Å². The van der Waals surface area contributed by atoms with Crippen molar-refractivity contribution in [1.82, 2.24) is 0 Å². The van der Waals surface area contributed by atoms with Crippen molar-refractivity contribution in [3.8, 4) is 11.5 Å². The Morgan fingerprint density at radius 2 is 1.63 bits per heavy atom. The number of hydrogen-bond acceptors (Lipinski definition) is 6. The number of methoxy groups -OCH3 is 2. The summed E-state index contributed by atoms with van der Waals surface area (Å²) in [6, 6.07) is 11.6. The highest BCUT2D eigenvalue weighted by atomic mass is 35.5. The van der Waals surface area contributed by atoms with E-state index in [-0.39, 0.29) is 18.7 Å². The maximum Gasteiger partial charge on any atom is 0.306 e. The molecule has 0 saturated heterocycles. The minimum absolute atomic E-state index is 0.0177. The number of halogens is 1. The van der Waals surface area contributed by atoms with Gasteiger partial charge in [0.2, 0.25) is 5.91 Å². The first-order valence-corrected chi connectivity index (χ1v) is 9.52. The Balaban J connectivity index is 1.69. The number of esters is 1. The number of nitrogens with one attached hydrogen (secondary N) is 2. The van der Waals surface area contributed by atoms with Gasteiger partial charge >= 0.3 is 5.97 Å². The zero-order valence-corrected chi connectivity index (χ0v) is 17.5. The van der Waals surface area contributed by atoms with Crippen LogP contribution in [0, 0.1) is 0 Å². The van der Waals surface area contributed by atoms with Crippen molar-refractivity contribution in [1.29, 1.82) is 0 Å². The van der Waals surface area contributed by atoms with Crippen molar-refractivity contribution >= 4 is 40.8 Å². The average molecular weight is 435 g/mol. The van der Waals surface area contributed by atoms with E-state index in [0.29, 0.717) is 34.3 Å². The number of benzene rings is 2. The number of carbonyl (C=O) groups excluding carboxylic acids is 3. The molecule has 0 spiro atoms. The number of ether oxygens (including phenoxy) is 3. The van der Waals surface area contributed by atoms with Gasteiger partial charge in [0.15, 0.2) is 6.61 Å². The maximum absolute atomic E-state index is 12.0. The largest absolute Gasteiger partial charge is 0.497 e. The van der Waals surface area contributed by atoms with Crippen LogP contribution in [0.5, 0.6) is 11.5 Å². The Labute approximate surface area is 179 Å². The lowest BCUT2D eigenvalue weighted by Gasteiger charge is -2.12. The SMILES string of the molecule is COc1ccc(OC)c(NC(=O)COC(=O)CCCC(=O)Nc2ccc(Cl)cc2)c1. The minimum Gasteiger partial charge on any atom is -0.497 e. The number of carbonyl (C=O) groups is 3. The highest BCUT2D eigenvalue weighted by Crippen LogP contribution is 2.28. The summed E-state index contributed by atoms with van der Waals surface area (Å²) in [6.45, 7) is -0.448. The molecule has 0 atom stereocenters. The van der Waals surface area contributed by atoms with Crippen molar-refractivity contribution in [3.63, 3.8) is 0 Å². The van der Waals surface area contributed by atoms with Crippen molar-refractivity contribution in [2.24, 2.45) is 0 Å². The summed E-state index contributed by atoms with van der Waals surface area (Å²) in [5, 5.41) is 5.88. The monoisotopic (exact) mass is 434 g/mol. The molecule has 0 saturated carbocycles. The van der Waals surface area contributed by atoms with Crippen LogP contribution in [0.25, 0.3) is 0 Å². The van der Waals surface area contributed by atoms with Crippen LogP contribution >= 0.6 is 11.6 Å². The Bertz CT molecular complexity index is 886. The molecule has 0 fully saturated rings. The number of anilines is 2. The number of hydrogen-bond donors (Lipinski definition) is 2. The molecule has 2 aromatic rings. The molecule has 2 amide bonds. The topological polar surface area (TPSA) is 103 Å². The quantitative estimate of drug-likeness (QED) is 0.553. The summed E-state index contributed by atoms with van der Waals surface area (Å²) >= 11 is 5.79. The van der Waals surface area contributed by atoms with E-state index in [9.17, 15) is 14.4 Å². The van der Waals surface area contributed by atoms with E-state index in [2.05, 4.69) is 10.6 Å². The molecular weight excluding hydrogens is 412 g/mol. The second-order valence-corrected chi connectivity index (χ2v) is 6.62. The van der Waals surface area contributed by atoms with Gasteiger partial charge in [0, 0.05) is 29.6 Å². The van der Waals surface area contributed by atoms with Crippen molar-refractivity contribution < 1.29 is 28.6 Å². The Morgan fingerprint density at radius 1 is 0.900 bits per heavy atom. The first kappa shape index (κ1) is 23.0. The van der Waals surface area contributed by atoms with Gasteiger partial charge in [-0.2, -0.15) is 0 Å². The number of rotatable bonds is 10. The van der Waals surface area contributed by atoms with Crippen LogP contribution in [0.2, 0.25) is 5.02 Å². The predicted octanol–water partition coefficient (Wildman–Crippen LogP) is 3.65. The molecule has 2 aromatic carbocycles. The first-order valence-electron chi connectivity index (χ1n) is 9.14. The van der Waals surface area contributed by atoms with E-state index in [4.69, 9.17) is 25.8 Å². The second-order valence-electron chi connectivity index (χ2n) is 6.18. The summed E-state index contributed by atoms with van der Waals surface area (Å²) < 4.78 is 15.2. The standard InChI is InChI=1S/C21H23ClN2O6/c1-28-16-10-11-18(29-2)17(12-16)24-20(26)13-30-21(27)5-3-4-19(25)23-15-8-6-14(22)7-9-15/h6-12H,3-5,13H2,1-2H3,(H,23,25)(H,24,26). The van der Waals surface area contributed by atoms with Crippen LogP contribution in [-0.2, 0) is 19.1 Å². The smallest absolute Gasteiger partial charge is 0.306 e. The lowest BCUT2D eigenvalue weighted by molar-refractivity contribution is -0.147. The third-order valence-corrected chi connectivity index (χ3v) is 4.21. The predicted molar refractivity (Wildman–Crippen MR) is 113 cm³/mol. The van der Waals surface area contributed by atoms with Crippen molar-refractivity contribution in [3.05, 3.63) is 47.5 Å². The molecule has 0 aliphatic carbocycles. The fraction of sp³-hybridized carbons (Fsp3) is 0.286. The van der Waals surface area contributed by atoms with E-state index in [1.807, 2.05) is 0 Å². The van der Waals surface area contributed by atoms with Crippen LogP contribution in [0.3, 0.4) is 0 Å². The summed E-state index contributed by atoms with van der Waals surface area (Å²) in [5.74, 6) is -0.326. The molecule has 0 radical (unpaired) electrons. The van der Waals surface area contributed by atoms with E-state index < -0.39 is 18.5 Å². The third-order valence-electron chi connectivity index (χ3n) is 3.96. The molecule has 8 nitrogen and oxygen atoms in total. The number of amides is 2. The third kappa shape index (κ3) is 7.63. The van der Waals surface area contributed by atoms with Gasteiger partial charge < -0.3 is 24.8 Å². The summed E-state index contributed by atoms with van der Waals surface area (Å²) in [5.41, 5.74) is 1.02. The Kier molecular flexibility index (Phi) is 8.96. The fourth-order valence-corrected chi connectivity index (χ4v) is 2.59. The van der Waals surface area contributed by atoms with E-state index >= 15 is 0 Å². The molecule has 0 aromatic heterocycles. The molecule has 9 heteroatoms. The van der Waals surface area contributed by atoms with Crippen molar-refractivity contribution in [2.75, 3.05) is 31.5 Å². The van der Waals surface area contributed by atoms with Crippen LogP contribution < -0.4 is 20.1 Å². The molecule has 30 heavy (non-hydrogen) atoms. The molecular formula is C21H23ClN2O6. The Hall–Kier alpha value is -3.26. The molecule has 2 N–H and O–H groups in total. The Morgan fingerprint density at radius 3 is 2.30 bits per heavy atom. The van der Waals surface area contributed by atoms with Crippen LogP contribution in [-0.4, -0.2) is 38.6 Å². The highest BCUT2D eigenvalue weighted by Gasteiger charge is 2.12. The summed E-state index contributed by atoms with van der Waals surface area (Å²) in [6.07, 6.45) is 0.457. The zero-order valence-electron chi connectivity index (χ0n) is 16.7. The van der Waals surface area contributed by atoms with E-state index in [0.717, 1.165) is 0 Å². The van der Waals surface area contributed by atoms with Crippen LogP contribution in [0.15, 0.2) is 42.5 Å². The van der Waals surface area contributed by atoms with E-state index in [1.165, 1.54) is 14.2 Å². The second kappa shape index (κ2) is 11.7. The molecule has 0 aliphatic rings. The summed E-state index contributed by atoms with van der Waals surface area (Å²) in [4.78, 5) is 35.7. The summed E-state index contributed by atoms with van der Waals surface area (Å²) in [7, 11) is 2.98. The van der Waals surface area contributed by atoms with Gasteiger partial charge in [0.1, 0.15) is 11.5 Å². The molecule has 0 bridgehead atoms. The molecule has 0 heterocycles. The minimum atomic E-state index is -0.568.